The molecule has 0 aliphatic heterocycles. The molecule has 152 valence electrons. The number of amides is 1. The number of nitrogens with one attached hydrogen (secondary N) is 1. The van der Waals surface area contributed by atoms with Gasteiger partial charge in [0.2, 0.25) is 5.91 Å². The fourth-order valence-corrected chi connectivity index (χ4v) is 4.83. The first-order chi connectivity index (χ1) is 13.7. The molecule has 1 amide bonds. The van der Waals surface area contributed by atoms with Crippen LogP contribution in [0.4, 0.5) is 11.4 Å². The van der Waals surface area contributed by atoms with Crippen molar-refractivity contribution in [3.63, 3.8) is 0 Å². The Balaban J connectivity index is 1.96. The third-order valence-corrected chi connectivity index (χ3v) is 6.80. The molecule has 1 N–H and O–H groups in total. The molecule has 0 saturated heterocycles. The molecule has 9 heteroatoms. The van der Waals surface area contributed by atoms with Gasteiger partial charge in [0.1, 0.15) is 12.2 Å². The highest BCUT2D eigenvalue weighted by Gasteiger charge is 2.32. The minimum Gasteiger partial charge on any atom is -0.360 e. The van der Waals surface area contributed by atoms with Crippen LogP contribution in [0.1, 0.15) is 17.0 Å². The lowest BCUT2D eigenvalue weighted by molar-refractivity contribution is -0.114. The molecule has 2 aromatic carbocycles. The van der Waals surface area contributed by atoms with Gasteiger partial charge in [-0.3, -0.25) is 9.10 Å². The summed E-state index contributed by atoms with van der Waals surface area (Å²) < 4.78 is 33.8. The van der Waals surface area contributed by atoms with Crippen LogP contribution in [-0.2, 0) is 14.8 Å². The van der Waals surface area contributed by atoms with Gasteiger partial charge in [-0.05, 0) is 57.2 Å². The van der Waals surface area contributed by atoms with Crippen molar-refractivity contribution in [1.82, 2.24) is 5.16 Å². The lowest BCUT2D eigenvalue weighted by atomic mass is 10.2. The number of nitrogens with zero attached hydrogens (tertiary/aromatic N) is 2. The molecule has 3 rings (SSSR count). The monoisotopic (exact) mass is 477 g/mol. The molecule has 1 aromatic heterocycles. The average molecular weight is 478 g/mol. The van der Waals surface area contributed by atoms with Gasteiger partial charge < -0.3 is 9.84 Å². The fourth-order valence-electron chi connectivity index (χ4n) is 2.84. The number of halogens is 1. The third kappa shape index (κ3) is 4.68. The summed E-state index contributed by atoms with van der Waals surface area (Å²) in [6.07, 6.45) is 0. The molecule has 0 aliphatic rings. The molecule has 7 nitrogen and oxygen atoms in total. The van der Waals surface area contributed by atoms with Crippen molar-refractivity contribution >= 4 is 43.2 Å². The van der Waals surface area contributed by atoms with Gasteiger partial charge in [-0.2, -0.15) is 0 Å². The maximum atomic E-state index is 13.4. The van der Waals surface area contributed by atoms with Crippen LogP contribution in [0.25, 0.3) is 0 Å². The van der Waals surface area contributed by atoms with E-state index in [2.05, 4.69) is 26.4 Å². The van der Waals surface area contributed by atoms with Gasteiger partial charge in [-0.15, -0.1) is 0 Å². The quantitative estimate of drug-likeness (QED) is 0.574. The Morgan fingerprint density at radius 1 is 1.07 bits per heavy atom. The van der Waals surface area contributed by atoms with Gasteiger partial charge in [0.25, 0.3) is 10.0 Å². The van der Waals surface area contributed by atoms with E-state index in [-0.39, 0.29) is 16.3 Å². The van der Waals surface area contributed by atoms with E-state index in [4.69, 9.17) is 4.52 Å². The minimum atomic E-state index is -4.07. The zero-order valence-corrected chi connectivity index (χ0v) is 18.5. The molecule has 0 bridgehead atoms. The van der Waals surface area contributed by atoms with E-state index in [1.54, 1.807) is 55.5 Å². The summed E-state index contributed by atoms with van der Waals surface area (Å²) >= 11 is 3.33. The number of carbonyl (C=O) groups excluding carboxylic acids is 1. The summed E-state index contributed by atoms with van der Waals surface area (Å²) in [7, 11) is -4.07. The van der Waals surface area contributed by atoms with E-state index in [1.807, 2.05) is 6.92 Å². The minimum absolute atomic E-state index is 0.0329. The molecule has 0 radical (unpaired) electrons. The summed E-state index contributed by atoms with van der Waals surface area (Å²) in [5, 5.41) is 6.46. The Morgan fingerprint density at radius 3 is 2.24 bits per heavy atom. The van der Waals surface area contributed by atoms with Crippen LogP contribution in [-0.4, -0.2) is 26.0 Å². The molecule has 0 saturated carbocycles. The number of carbonyl (C=O) groups is 1. The molecule has 1 heterocycles. The highest BCUT2D eigenvalue weighted by molar-refractivity contribution is 9.10. The van der Waals surface area contributed by atoms with E-state index in [0.717, 1.165) is 14.3 Å². The first-order valence-electron chi connectivity index (χ1n) is 8.76. The summed E-state index contributed by atoms with van der Waals surface area (Å²) in [4.78, 5) is 12.6. The average Bonchev–Trinajstić information content (AvgIpc) is 3.01. The Morgan fingerprint density at radius 2 is 1.69 bits per heavy atom. The number of sulfonamides is 1. The molecule has 0 unspecified atom stereocenters. The molecule has 3 aromatic rings. The number of hydrogen-bond acceptors (Lipinski definition) is 5. The van der Waals surface area contributed by atoms with Crippen molar-refractivity contribution in [2.75, 3.05) is 16.2 Å². The second-order valence-electron chi connectivity index (χ2n) is 6.56. The SMILES string of the molecule is Cc1ccc(N(CC(=O)Nc2ccc(Br)cc2)S(=O)(=O)c2c(C)noc2C)cc1. The van der Waals surface area contributed by atoms with Gasteiger partial charge in [0.15, 0.2) is 10.7 Å². The lowest BCUT2D eigenvalue weighted by Crippen LogP contribution is -2.38. The number of aryl methyl sites for hydroxylation is 3. The van der Waals surface area contributed by atoms with E-state index in [0.29, 0.717) is 11.4 Å². The first-order valence-corrected chi connectivity index (χ1v) is 11.0. The highest BCUT2D eigenvalue weighted by Crippen LogP contribution is 2.28. The summed E-state index contributed by atoms with van der Waals surface area (Å²) in [6.45, 7) is 4.59. The van der Waals surface area contributed by atoms with Crippen molar-refractivity contribution in [1.29, 1.82) is 0 Å². The number of anilines is 2. The van der Waals surface area contributed by atoms with E-state index in [9.17, 15) is 13.2 Å². The molecular formula is C20H20BrN3O4S. The molecular weight excluding hydrogens is 458 g/mol. The Hall–Kier alpha value is -2.65. The van der Waals surface area contributed by atoms with Gasteiger partial charge in [0, 0.05) is 10.2 Å². The van der Waals surface area contributed by atoms with Crippen LogP contribution in [0, 0.1) is 20.8 Å². The standard InChI is InChI=1S/C20H20BrN3O4S/c1-13-4-10-18(11-5-13)24(29(26,27)20-14(2)23-28-15(20)3)12-19(25)22-17-8-6-16(21)7-9-17/h4-11H,12H2,1-3H3,(H,22,25). The predicted molar refractivity (Wildman–Crippen MR) is 114 cm³/mol. The van der Waals surface area contributed by atoms with Crippen LogP contribution in [0.5, 0.6) is 0 Å². The first kappa shape index (κ1) is 21.1. The van der Waals surface area contributed by atoms with Crippen molar-refractivity contribution < 1.29 is 17.7 Å². The largest absolute Gasteiger partial charge is 0.360 e. The zero-order valence-electron chi connectivity index (χ0n) is 16.1. The van der Waals surface area contributed by atoms with Crippen molar-refractivity contribution in [2.45, 2.75) is 25.7 Å². The van der Waals surface area contributed by atoms with Crippen LogP contribution in [0.15, 0.2) is 62.4 Å². The topological polar surface area (TPSA) is 92.5 Å². The predicted octanol–water partition coefficient (Wildman–Crippen LogP) is 4.20. The Bertz CT molecular complexity index is 1100. The molecule has 29 heavy (non-hydrogen) atoms. The smallest absolute Gasteiger partial charge is 0.270 e. The Kier molecular flexibility index (Phi) is 6.09. The second kappa shape index (κ2) is 8.38. The van der Waals surface area contributed by atoms with Crippen molar-refractivity contribution in [3.8, 4) is 0 Å². The summed E-state index contributed by atoms with van der Waals surface area (Å²) in [5.41, 5.74) is 2.16. The molecule has 0 spiro atoms. The molecule has 0 fully saturated rings. The van der Waals surface area contributed by atoms with Gasteiger partial charge in [0.05, 0.1) is 5.69 Å². The maximum absolute atomic E-state index is 13.4. The number of hydrogen-bond donors (Lipinski definition) is 1. The fraction of sp³-hybridized carbons (Fsp3) is 0.200. The third-order valence-electron chi connectivity index (χ3n) is 4.25. The number of aromatic nitrogens is 1. The van der Waals surface area contributed by atoms with Crippen molar-refractivity contribution in [2.24, 2.45) is 0 Å². The Labute approximate surface area is 177 Å². The van der Waals surface area contributed by atoms with E-state index >= 15 is 0 Å². The number of rotatable bonds is 6. The zero-order chi connectivity index (χ0) is 21.2. The summed E-state index contributed by atoms with van der Waals surface area (Å²) in [5.74, 6) is -0.295. The highest BCUT2D eigenvalue weighted by atomic mass is 79.9. The normalized spacial score (nSPS) is 11.3. The van der Waals surface area contributed by atoms with Gasteiger partial charge in [-0.25, -0.2) is 8.42 Å². The lowest BCUT2D eigenvalue weighted by Gasteiger charge is -2.24. The summed E-state index contributed by atoms with van der Waals surface area (Å²) in [6, 6.07) is 13.9. The second-order valence-corrected chi connectivity index (χ2v) is 9.27. The maximum Gasteiger partial charge on any atom is 0.270 e. The van der Waals surface area contributed by atoms with Crippen LogP contribution < -0.4 is 9.62 Å². The molecule has 0 atom stereocenters. The van der Waals surface area contributed by atoms with Crippen LogP contribution >= 0.6 is 15.9 Å². The van der Waals surface area contributed by atoms with Gasteiger partial charge >= 0.3 is 0 Å². The number of benzene rings is 2. The van der Waals surface area contributed by atoms with Crippen LogP contribution in [0.2, 0.25) is 0 Å². The van der Waals surface area contributed by atoms with Crippen LogP contribution in [0.3, 0.4) is 0 Å². The molecule has 0 aliphatic carbocycles. The van der Waals surface area contributed by atoms with E-state index in [1.165, 1.54) is 6.92 Å². The van der Waals surface area contributed by atoms with E-state index < -0.39 is 22.5 Å². The van der Waals surface area contributed by atoms with Crippen molar-refractivity contribution in [3.05, 3.63) is 70.0 Å². The van der Waals surface area contributed by atoms with Gasteiger partial charge in [-0.1, -0.05) is 38.8 Å².